The Bertz CT molecular complexity index is 1090. The fourth-order valence-corrected chi connectivity index (χ4v) is 4.44. The third kappa shape index (κ3) is 3.73. The maximum Gasteiger partial charge on any atom is 0.257 e. The Balaban J connectivity index is 1.69. The zero-order valence-corrected chi connectivity index (χ0v) is 16.6. The topological polar surface area (TPSA) is 74.8 Å². The standard InChI is InChI=1S/C22H21N3O2S/c1-13-8-9-16(14(2)10-13)17-11-18(26)23-20-19(17)21(27)25-22(24-20)28-12-15-6-4-3-5-7-15/h3-10,17H,11-12H2,1-2H3,(H2,23,24,25,26,27)/t17-/m1/s1. The van der Waals surface area contributed by atoms with Crippen LogP contribution in [0.3, 0.4) is 0 Å². The van der Waals surface area contributed by atoms with Crippen molar-refractivity contribution in [2.45, 2.75) is 37.1 Å². The smallest absolute Gasteiger partial charge is 0.257 e. The number of aromatic nitrogens is 2. The van der Waals surface area contributed by atoms with Gasteiger partial charge < -0.3 is 10.3 Å². The number of carbonyl (C=O) groups is 1. The van der Waals surface area contributed by atoms with E-state index in [4.69, 9.17) is 0 Å². The summed E-state index contributed by atoms with van der Waals surface area (Å²) >= 11 is 1.45. The molecule has 2 N–H and O–H groups in total. The van der Waals surface area contributed by atoms with Crippen molar-refractivity contribution in [3.8, 4) is 0 Å². The minimum absolute atomic E-state index is 0.116. The first-order chi connectivity index (χ1) is 13.5. The summed E-state index contributed by atoms with van der Waals surface area (Å²) in [6.45, 7) is 4.04. The van der Waals surface area contributed by atoms with Crippen LogP contribution in [0.2, 0.25) is 0 Å². The van der Waals surface area contributed by atoms with Gasteiger partial charge in [0.25, 0.3) is 5.56 Å². The molecule has 1 atom stereocenters. The molecule has 6 heteroatoms. The summed E-state index contributed by atoms with van der Waals surface area (Å²) in [7, 11) is 0. The molecule has 4 rings (SSSR count). The molecule has 3 aromatic rings. The summed E-state index contributed by atoms with van der Waals surface area (Å²) in [6, 6.07) is 16.1. The van der Waals surface area contributed by atoms with Crippen molar-refractivity contribution in [2.24, 2.45) is 0 Å². The van der Waals surface area contributed by atoms with Crippen molar-refractivity contribution >= 4 is 23.5 Å². The van der Waals surface area contributed by atoms with Crippen molar-refractivity contribution in [2.75, 3.05) is 5.32 Å². The van der Waals surface area contributed by atoms with E-state index in [1.54, 1.807) is 0 Å². The average molecular weight is 391 g/mol. The minimum Gasteiger partial charge on any atom is -0.310 e. The van der Waals surface area contributed by atoms with Gasteiger partial charge in [0.05, 0.1) is 5.56 Å². The minimum atomic E-state index is -0.284. The molecule has 1 amide bonds. The summed E-state index contributed by atoms with van der Waals surface area (Å²) in [6.07, 6.45) is 0.248. The van der Waals surface area contributed by atoms with Crippen LogP contribution in [0, 0.1) is 13.8 Å². The van der Waals surface area contributed by atoms with Crippen LogP contribution < -0.4 is 10.9 Å². The fourth-order valence-electron chi connectivity index (χ4n) is 3.63. The van der Waals surface area contributed by atoms with E-state index >= 15 is 0 Å². The van der Waals surface area contributed by atoms with Crippen LogP contribution in [-0.2, 0) is 10.5 Å². The Labute approximate surface area is 167 Å². The van der Waals surface area contributed by atoms with Gasteiger partial charge in [-0.1, -0.05) is 65.9 Å². The van der Waals surface area contributed by atoms with Crippen LogP contribution in [0.5, 0.6) is 0 Å². The highest BCUT2D eigenvalue weighted by atomic mass is 32.2. The summed E-state index contributed by atoms with van der Waals surface area (Å²) < 4.78 is 0. The molecule has 0 saturated heterocycles. The molecule has 1 aliphatic rings. The molecule has 1 aliphatic heterocycles. The van der Waals surface area contributed by atoms with Crippen molar-refractivity contribution in [1.82, 2.24) is 9.97 Å². The highest BCUT2D eigenvalue weighted by Crippen LogP contribution is 2.36. The first kappa shape index (κ1) is 18.5. The monoisotopic (exact) mass is 391 g/mol. The number of hydrogen-bond donors (Lipinski definition) is 2. The number of nitrogens with zero attached hydrogens (tertiary/aromatic N) is 1. The molecule has 5 nitrogen and oxygen atoms in total. The number of hydrogen-bond acceptors (Lipinski definition) is 4. The lowest BCUT2D eigenvalue weighted by Crippen LogP contribution is -2.31. The number of carbonyl (C=O) groups excluding carboxylic acids is 1. The molecular formula is C22H21N3O2S. The summed E-state index contributed by atoms with van der Waals surface area (Å²) in [5, 5.41) is 3.29. The highest BCUT2D eigenvalue weighted by Gasteiger charge is 2.31. The molecule has 0 aliphatic carbocycles. The summed E-state index contributed by atoms with van der Waals surface area (Å²) in [5.74, 6) is 0.667. The van der Waals surface area contributed by atoms with Gasteiger partial charge in [-0.3, -0.25) is 9.59 Å². The maximum atomic E-state index is 12.9. The number of thioether (sulfide) groups is 1. The van der Waals surface area contributed by atoms with Crippen LogP contribution >= 0.6 is 11.8 Å². The number of benzene rings is 2. The van der Waals surface area contributed by atoms with E-state index in [1.807, 2.05) is 56.3 Å². The number of fused-ring (bicyclic) bond motifs is 1. The van der Waals surface area contributed by atoms with Crippen molar-refractivity contribution in [3.05, 3.63) is 86.7 Å². The van der Waals surface area contributed by atoms with Gasteiger partial charge in [-0.15, -0.1) is 0 Å². The molecule has 2 heterocycles. The van der Waals surface area contributed by atoms with Crippen LogP contribution in [0.15, 0.2) is 58.5 Å². The van der Waals surface area contributed by atoms with Gasteiger partial charge in [0.1, 0.15) is 5.82 Å². The Morgan fingerprint density at radius 3 is 2.64 bits per heavy atom. The maximum absolute atomic E-state index is 12.9. The third-order valence-corrected chi connectivity index (χ3v) is 5.89. The number of rotatable bonds is 4. The molecule has 28 heavy (non-hydrogen) atoms. The van der Waals surface area contributed by atoms with E-state index in [1.165, 1.54) is 11.8 Å². The molecule has 0 saturated carbocycles. The van der Waals surface area contributed by atoms with Gasteiger partial charge in [0, 0.05) is 18.1 Å². The van der Waals surface area contributed by atoms with Gasteiger partial charge in [0.15, 0.2) is 5.16 Å². The number of anilines is 1. The Morgan fingerprint density at radius 1 is 1.11 bits per heavy atom. The van der Waals surface area contributed by atoms with Crippen LogP contribution in [0.1, 0.15) is 40.2 Å². The van der Waals surface area contributed by atoms with Crippen molar-refractivity contribution in [1.29, 1.82) is 0 Å². The number of aromatic amines is 1. The van der Waals surface area contributed by atoms with E-state index < -0.39 is 0 Å². The van der Waals surface area contributed by atoms with Gasteiger partial charge in [-0.2, -0.15) is 0 Å². The largest absolute Gasteiger partial charge is 0.310 e. The molecule has 0 spiro atoms. The van der Waals surface area contributed by atoms with Crippen LogP contribution in [0.4, 0.5) is 5.82 Å². The predicted octanol–water partition coefficient (Wildman–Crippen LogP) is 4.15. The second-order valence-electron chi connectivity index (χ2n) is 7.07. The van der Waals surface area contributed by atoms with Crippen LogP contribution in [0.25, 0.3) is 0 Å². The van der Waals surface area contributed by atoms with E-state index in [-0.39, 0.29) is 23.8 Å². The van der Waals surface area contributed by atoms with Gasteiger partial charge in [-0.25, -0.2) is 4.98 Å². The number of amides is 1. The zero-order chi connectivity index (χ0) is 19.7. The number of H-pyrrole nitrogens is 1. The Hall–Kier alpha value is -2.86. The van der Waals surface area contributed by atoms with E-state index in [0.29, 0.717) is 22.3 Å². The van der Waals surface area contributed by atoms with Crippen molar-refractivity contribution < 1.29 is 4.79 Å². The fraction of sp³-hybridized carbons (Fsp3) is 0.227. The van der Waals surface area contributed by atoms with E-state index in [0.717, 1.165) is 22.3 Å². The zero-order valence-electron chi connectivity index (χ0n) is 15.8. The lowest BCUT2D eigenvalue weighted by Gasteiger charge is -2.25. The quantitative estimate of drug-likeness (QED) is 0.517. The lowest BCUT2D eigenvalue weighted by atomic mass is 9.84. The van der Waals surface area contributed by atoms with Crippen LogP contribution in [-0.4, -0.2) is 15.9 Å². The third-order valence-electron chi connectivity index (χ3n) is 4.95. The SMILES string of the molecule is Cc1ccc([C@H]2CC(=O)Nc3nc(SCc4ccccc4)[nH]c(=O)c32)c(C)c1. The van der Waals surface area contributed by atoms with Crippen molar-refractivity contribution in [3.63, 3.8) is 0 Å². The second-order valence-corrected chi connectivity index (χ2v) is 8.04. The Morgan fingerprint density at radius 2 is 1.89 bits per heavy atom. The normalized spacial score (nSPS) is 15.8. The molecule has 0 radical (unpaired) electrons. The van der Waals surface area contributed by atoms with Gasteiger partial charge in [0.2, 0.25) is 5.91 Å². The number of nitrogens with one attached hydrogen (secondary N) is 2. The summed E-state index contributed by atoms with van der Waals surface area (Å²) in [4.78, 5) is 32.7. The predicted molar refractivity (Wildman–Crippen MR) is 112 cm³/mol. The van der Waals surface area contributed by atoms with Gasteiger partial charge >= 0.3 is 0 Å². The average Bonchev–Trinajstić information content (AvgIpc) is 2.66. The number of aryl methyl sites for hydroxylation is 2. The second kappa shape index (κ2) is 7.64. The molecule has 0 unspecified atom stereocenters. The molecular weight excluding hydrogens is 370 g/mol. The van der Waals surface area contributed by atoms with Gasteiger partial charge in [-0.05, 0) is 30.5 Å². The summed E-state index contributed by atoms with van der Waals surface area (Å²) in [5.41, 5.74) is 4.72. The molecule has 0 fully saturated rings. The highest BCUT2D eigenvalue weighted by molar-refractivity contribution is 7.98. The molecule has 1 aromatic heterocycles. The first-order valence-electron chi connectivity index (χ1n) is 9.19. The van der Waals surface area contributed by atoms with E-state index in [9.17, 15) is 9.59 Å². The Kier molecular flexibility index (Phi) is 5.05. The molecule has 2 aromatic carbocycles. The molecule has 142 valence electrons. The van der Waals surface area contributed by atoms with E-state index in [2.05, 4.69) is 21.4 Å². The lowest BCUT2D eigenvalue weighted by molar-refractivity contribution is -0.116. The molecule has 0 bridgehead atoms. The first-order valence-corrected chi connectivity index (χ1v) is 10.2.